The van der Waals surface area contributed by atoms with Gasteiger partial charge in [0.1, 0.15) is 18.5 Å². The van der Waals surface area contributed by atoms with E-state index in [4.69, 9.17) is 9.47 Å². The Morgan fingerprint density at radius 2 is 1.82 bits per heavy atom. The van der Waals surface area contributed by atoms with E-state index >= 15 is 0 Å². The van der Waals surface area contributed by atoms with Gasteiger partial charge in [-0.3, -0.25) is 0 Å². The molecule has 0 aliphatic rings. The summed E-state index contributed by atoms with van der Waals surface area (Å²) in [6.07, 6.45) is 1.67. The van der Waals surface area contributed by atoms with Crippen molar-refractivity contribution in [3.63, 3.8) is 0 Å². The summed E-state index contributed by atoms with van der Waals surface area (Å²) in [4.78, 5) is 4.10. The number of rotatable bonds is 5. The van der Waals surface area contributed by atoms with Gasteiger partial charge in [0.15, 0.2) is 0 Å². The molecule has 0 fully saturated rings. The molecule has 0 aliphatic heterocycles. The van der Waals surface area contributed by atoms with E-state index in [1.54, 1.807) is 6.20 Å². The second-order valence-corrected chi connectivity index (χ2v) is 3.72. The Labute approximate surface area is 101 Å². The number of para-hydroxylation sites is 1. The topological polar surface area (TPSA) is 31.4 Å². The molecule has 1 aromatic carbocycles. The zero-order valence-corrected chi connectivity index (χ0v) is 9.74. The first kappa shape index (κ1) is 11.5. The zero-order valence-electron chi connectivity index (χ0n) is 9.74. The Balaban J connectivity index is 1.80. The maximum atomic E-state index is 5.60. The van der Waals surface area contributed by atoms with Crippen LogP contribution in [0.25, 0.3) is 0 Å². The van der Waals surface area contributed by atoms with Crippen LogP contribution in [0, 0.1) is 0 Å². The van der Waals surface area contributed by atoms with Gasteiger partial charge in [-0.2, -0.15) is 0 Å². The summed E-state index contributed by atoms with van der Waals surface area (Å²) >= 11 is 0. The van der Waals surface area contributed by atoms with Crippen LogP contribution in [-0.4, -0.2) is 17.7 Å². The predicted molar refractivity (Wildman–Crippen MR) is 66.3 cm³/mol. The number of aromatic nitrogens is 1. The molecule has 1 heterocycles. The van der Waals surface area contributed by atoms with Gasteiger partial charge in [0.2, 0.25) is 5.88 Å². The average Bonchev–Trinajstić information content (AvgIpc) is 2.39. The minimum Gasteiger partial charge on any atom is -0.490 e. The molecule has 1 unspecified atom stereocenters. The second kappa shape index (κ2) is 5.89. The summed E-state index contributed by atoms with van der Waals surface area (Å²) in [5.41, 5.74) is 0. The number of ether oxygens (including phenoxy) is 2. The van der Waals surface area contributed by atoms with Crippen molar-refractivity contribution in [1.29, 1.82) is 0 Å². The lowest BCUT2D eigenvalue weighted by Gasteiger charge is -2.14. The van der Waals surface area contributed by atoms with Crippen LogP contribution in [0.1, 0.15) is 6.92 Å². The molecule has 2 aromatic rings. The van der Waals surface area contributed by atoms with Gasteiger partial charge in [-0.25, -0.2) is 4.98 Å². The van der Waals surface area contributed by atoms with Crippen LogP contribution in [0.15, 0.2) is 54.7 Å². The molecule has 88 valence electrons. The van der Waals surface area contributed by atoms with Crippen LogP contribution >= 0.6 is 0 Å². The maximum Gasteiger partial charge on any atom is 0.213 e. The summed E-state index contributed by atoms with van der Waals surface area (Å²) in [7, 11) is 0. The molecule has 0 spiro atoms. The number of nitrogens with zero attached hydrogens (tertiary/aromatic N) is 1. The summed E-state index contributed by atoms with van der Waals surface area (Å²) in [5.74, 6) is 1.47. The van der Waals surface area contributed by atoms with Gasteiger partial charge >= 0.3 is 0 Å². The third-order valence-electron chi connectivity index (χ3n) is 2.19. The van der Waals surface area contributed by atoms with Crippen molar-refractivity contribution in [3.05, 3.63) is 54.7 Å². The van der Waals surface area contributed by atoms with Crippen molar-refractivity contribution in [2.24, 2.45) is 0 Å². The van der Waals surface area contributed by atoms with Crippen molar-refractivity contribution in [2.75, 3.05) is 6.61 Å². The molecule has 1 aromatic heterocycles. The SMILES string of the molecule is CC(COc1ccccc1)Oc1ccccn1. The summed E-state index contributed by atoms with van der Waals surface area (Å²) in [6.45, 7) is 2.46. The van der Waals surface area contributed by atoms with Gasteiger partial charge in [-0.05, 0) is 25.1 Å². The number of hydrogen-bond donors (Lipinski definition) is 0. The molecule has 0 aliphatic carbocycles. The fourth-order valence-corrected chi connectivity index (χ4v) is 1.39. The fourth-order valence-electron chi connectivity index (χ4n) is 1.39. The van der Waals surface area contributed by atoms with E-state index < -0.39 is 0 Å². The fraction of sp³-hybridized carbons (Fsp3) is 0.214. The quantitative estimate of drug-likeness (QED) is 0.790. The molecule has 0 radical (unpaired) electrons. The first-order valence-corrected chi connectivity index (χ1v) is 5.60. The smallest absolute Gasteiger partial charge is 0.213 e. The van der Waals surface area contributed by atoms with Crippen LogP contribution < -0.4 is 9.47 Å². The van der Waals surface area contributed by atoms with E-state index in [-0.39, 0.29) is 6.10 Å². The third-order valence-corrected chi connectivity index (χ3v) is 2.19. The lowest BCUT2D eigenvalue weighted by atomic mass is 10.3. The Morgan fingerprint density at radius 3 is 2.53 bits per heavy atom. The van der Waals surface area contributed by atoms with Crippen molar-refractivity contribution >= 4 is 0 Å². The number of benzene rings is 1. The summed E-state index contributed by atoms with van der Waals surface area (Å²) in [5, 5.41) is 0. The van der Waals surface area contributed by atoms with Crippen molar-refractivity contribution in [2.45, 2.75) is 13.0 Å². The summed E-state index contributed by atoms with van der Waals surface area (Å²) in [6, 6.07) is 15.3. The second-order valence-electron chi connectivity index (χ2n) is 3.72. The molecule has 3 heteroatoms. The molecule has 0 N–H and O–H groups in total. The lowest BCUT2D eigenvalue weighted by molar-refractivity contribution is 0.138. The molecule has 0 saturated heterocycles. The predicted octanol–water partition coefficient (Wildman–Crippen LogP) is 2.93. The molecule has 17 heavy (non-hydrogen) atoms. The van der Waals surface area contributed by atoms with Crippen molar-refractivity contribution in [3.8, 4) is 11.6 Å². The van der Waals surface area contributed by atoms with Crippen LogP contribution in [0.4, 0.5) is 0 Å². The van der Waals surface area contributed by atoms with Gasteiger partial charge in [0, 0.05) is 12.3 Å². The Bertz CT molecular complexity index is 430. The monoisotopic (exact) mass is 229 g/mol. The van der Waals surface area contributed by atoms with Crippen LogP contribution in [-0.2, 0) is 0 Å². The lowest BCUT2D eigenvalue weighted by Crippen LogP contribution is -2.21. The van der Waals surface area contributed by atoms with Gasteiger partial charge in [-0.1, -0.05) is 24.3 Å². The van der Waals surface area contributed by atoms with E-state index in [1.807, 2.05) is 55.5 Å². The van der Waals surface area contributed by atoms with Crippen molar-refractivity contribution in [1.82, 2.24) is 4.98 Å². The minimum absolute atomic E-state index is 0.0369. The van der Waals surface area contributed by atoms with Crippen LogP contribution in [0.3, 0.4) is 0 Å². The standard InChI is InChI=1S/C14H15NO2/c1-12(17-14-9-5-6-10-15-14)11-16-13-7-3-2-4-8-13/h2-10,12H,11H2,1H3. The Kier molecular flexibility index (Phi) is 3.97. The third kappa shape index (κ3) is 3.79. The molecular weight excluding hydrogens is 214 g/mol. The van der Waals surface area contributed by atoms with Gasteiger partial charge in [0.25, 0.3) is 0 Å². The van der Waals surface area contributed by atoms with Crippen LogP contribution in [0.2, 0.25) is 0 Å². The molecule has 1 atom stereocenters. The first-order valence-electron chi connectivity index (χ1n) is 5.60. The molecule has 3 nitrogen and oxygen atoms in total. The highest BCUT2D eigenvalue weighted by molar-refractivity contribution is 5.20. The number of pyridine rings is 1. The molecular formula is C14H15NO2. The summed E-state index contributed by atoms with van der Waals surface area (Å²) < 4.78 is 11.2. The molecule has 0 amide bonds. The van der Waals surface area contributed by atoms with E-state index in [1.165, 1.54) is 0 Å². The molecule has 0 bridgehead atoms. The first-order chi connectivity index (χ1) is 8.34. The normalized spacial score (nSPS) is 11.8. The van der Waals surface area contributed by atoms with Crippen LogP contribution in [0.5, 0.6) is 11.6 Å². The Hall–Kier alpha value is -2.03. The minimum atomic E-state index is -0.0369. The van der Waals surface area contributed by atoms with E-state index in [2.05, 4.69) is 4.98 Å². The highest BCUT2D eigenvalue weighted by Gasteiger charge is 2.05. The highest BCUT2D eigenvalue weighted by Crippen LogP contribution is 2.11. The van der Waals surface area contributed by atoms with E-state index in [9.17, 15) is 0 Å². The maximum absolute atomic E-state index is 5.60. The zero-order chi connectivity index (χ0) is 11.9. The Morgan fingerprint density at radius 1 is 1.06 bits per heavy atom. The van der Waals surface area contributed by atoms with E-state index in [0.717, 1.165) is 5.75 Å². The largest absolute Gasteiger partial charge is 0.490 e. The molecule has 0 saturated carbocycles. The van der Waals surface area contributed by atoms with Crippen molar-refractivity contribution < 1.29 is 9.47 Å². The molecule has 2 rings (SSSR count). The highest BCUT2D eigenvalue weighted by atomic mass is 16.5. The average molecular weight is 229 g/mol. The number of hydrogen-bond acceptors (Lipinski definition) is 3. The van der Waals surface area contributed by atoms with Gasteiger partial charge in [0.05, 0.1) is 0 Å². The van der Waals surface area contributed by atoms with Gasteiger partial charge < -0.3 is 9.47 Å². The van der Waals surface area contributed by atoms with Gasteiger partial charge in [-0.15, -0.1) is 0 Å². The van der Waals surface area contributed by atoms with E-state index in [0.29, 0.717) is 12.5 Å².